The van der Waals surface area contributed by atoms with E-state index in [4.69, 9.17) is 4.74 Å². The third kappa shape index (κ3) is 4.42. The van der Waals surface area contributed by atoms with Crippen molar-refractivity contribution < 1.29 is 4.74 Å². The summed E-state index contributed by atoms with van der Waals surface area (Å²) in [6, 6.07) is 5.18. The molecular formula is C17H29N3O. The lowest BCUT2D eigenvalue weighted by Crippen LogP contribution is -2.50. The Hall–Kier alpha value is -1.13. The summed E-state index contributed by atoms with van der Waals surface area (Å²) in [5, 5.41) is 3.58. The van der Waals surface area contributed by atoms with Crippen LogP contribution in [0.25, 0.3) is 0 Å². The van der Waals surface area contributed by atoms with Gasteiger partial charge in [0.05, 0.1) is 12.8 Å². The van der Waals surface area contributed by atoms with Crippen molar-refractivity contribution in [2.75, 3.05) is 20.2 Å². The van der Waals surface area contributed by atoms with E-state index in [0.717, 1.165) is 30.2 Å². The molecule has 1 aliphatic heterocycles. The van der Waals surface area contributed by atoms with E-state index in [1.165, 1.54) is 25.8 Å². The topological polar surface area (TPSA) is 37.4 Å². The molecule has 1 fully saturated rings. The first-order valence-electron chi connectivity index (χ1n) is 8.13. The number of pyridine rings is 1. The van der Waals surface area contributed by atoms with Gasteiger partial charge in [-0.15, -0.1) is 0 Å². The molecule has 118 valence electrons. The van der Waals surface area contributed by atoms with Gasteiger partial charge in [0.15, 0.2) is 0 Å². The molecule has 0 saturated carbocycles. The summed E-state index contributed by atoms with van der Waals surface area (Å²) < 4.78 is 5.37. The second-order valence-electron chi connectivity index (χ2n) is 6.02. The highest BCUT2D eigenvalue weighted by atomic mass is 16.5. The molecular weight excluding hydrogens is 262 g/mol. The molecule has 1 aromatic rings. The lowest BCUT2D eigenvalue weighted by atomic mass is 9.96. The van der Waals surface area contributed by atoms with Crippen molar-refractivity contribution in [1.29, 1.82) is 0 Å². The Balaban J connectivity index is 2.09. The first-order chi connectivity index (χ1) is 10.1. The monoisotopic (exact) mass is 291 g/mol. The molecule has 1 N–H and O–H groups in total. The van der Waals surface area contributed by atoms with E-state index in [2.05, 4.69) is 35.1 Å². The molecule has 1 aromatic heterocycles. The number of nitrogens with zero attached hydrogens (tertiary/aromatic N) is 2. The number of aryl methyl sites for hydroxylation is 1. The number of aromatic nitrogens is 1. The summed E-state index contributed by atoms with van der Waals surface area (Å²) in [7, 11) is 1.72. The number of hydrogen-bond donors (Lipinski definition) is 1. The van der Waals surface area contributed by atoms with Crippen LogP contribution in [0.4, 0.5) is 0 Å². The lowest BCUT2D eigenvalue weighted by Gasteiger charge is -2.39. The average Bonchev–Trinajstić information content (AvgIpc) is 2.47. The maximum atomic E-state index is 5.37. The highest BCUT2D eigenvalue weighted by molar-refractivity contribution is 5.26. The first kappa shape index (κ1) is 16.2. The fourth-order valence-corrected chi connectivity index (χ4v) is 3.35. The van der Waals surface area contributed by atoms with Crippen LogP contribution in [0.15, 0.2) is 12.1 Å². The fraction of sp³-hybridized carbons (Fsp3) is 0.706. The molecule has 4 nitrogen and oxygen atoms in total. The van der Waals surface area contributed by atoms with Gasteiger partial charge in [0.25, 0.3) is 0 Å². The van der Waals surface area contributed by atoms with Crippen LogP contribution in [-0.2, 0) is 6.54 Å². The van der Waals surface area contributed by atoms with E-state index in [0.29, 0.717) is 12.1 Å². The molecule has 0 bridgehead atoms. The Bertz CT molecular complexity index is 450. The third-order valence-electron chi connectivity index (χ3n) is 4.35. The van der Waals surface area contributed by atoms with Gasteiger partial charge in [-0.25, -0.2) is 0 Å². The Morgan fingerprint density at radius 1 is 1.43 bits per heavy atom. The molecule has 4 heteroatoms. The van der Waals surface area contributed by atoms with Crippen molar-refractivity contribution in [3.8, 4) is 5.75 Å². The van der Waals surface area contributed by atoms with Crippen molar-refractivity contribution in [1.82, 2.24) is 15.2 Å². The highest BCUT2D eigenvalue weighted by Crippen LogP contribution is 2.23. The van der Waals surface area contributed by atoms with E-state index in [-0.39, 0.29) is 0 Å². The highest BCUT2D eigenvalue weighted by Gasteiger charge is 2.27. The molecule has 2 unspecified atom stereocenters. The summed E-state index contributed by atoms with van der Waals surface area (Å²) in [6.07, 6.45) is 3.90. The number of likely N-dealkylation sites (tertiary alicyclic amines) is 1. The van der Waals surface area contributed by atoms with Gasteiger partial charge in [0, 0.05) is 36.5 Å². The minimum atomic E-state index is 0.530. The van der Waals surface area contributed by atoms with E-state index in [1.807, 2.05) is 13.0 Å². The van der Waals surface area contributed by atoms with E-state index >= 15 is 0 Å². The van der Waals surface area contributed by atoms with Gasteiger partial charge in [0.1, 0.15) is 5.75 Å². The molecule has 21 heavy (non-hydrogen) atoms. The number of piperidine rings is 1. The largest absolute Gasteiger partial charge is 0.497 e. The SMILES string of the molecule is CCNC(C)C1CCCCN1Cc1cc(OC)cc(C)n1. The molecule has 0 amide bonds. The van der Waals surface area contributed by atoms with Crippen LogP contribution in [0.3, 0.4) is 0 Å². The van der Waals surface area contributed by atoms with Crippen molar-refractivity contribution in [2.45, 2.75) is 58.7 Å². The molecule has 2 rings (SSSR count). The number of hydrogen-bond acceptors (Lipinski definition) is 4. The zero-order valence-electron chi connectivity index (χ0n) is 13.9. The normalized spacial score (nSPS) is 21.2. The predicted molar refractivity (Wildman–Crippen MR) is 86.7 cm³/mol. The predicted octanol–water partition coefficient (Wildman–Crippen LogP) is 2.75. The van der Waals surface area contributed by atoms with Gasteiger partial charge in [0.2, 0.25) is 0 Å². The maximum Gasteiger partial charge on any atom is 0.122 e. The Kier molecular flexibility index (Phi) is 6.00. The van der Waals surface area contributed by atoms with Crippen molar-refractivity contribution >= 4 is 0 Å². The zero-order valence-corrected chi connectivity index (χ0v) is 13.9. The molecule has 1 saturated heterocycles. The summed E-state index contributed by atoms with van der Waals surface area (Å²) >= 11 is 0. The van der Waals surface area contributed by atoms with Crippen LogP contribution < -0.4 is 10.1 Å². The molecule has 1 aliphatic rings. The summed E-state index contributed by atoms with van der Waals surface area (Å²) in [5.74, 6) is 0.908. The lowest BCUT2D eigenvalue weighted by molar-refractivity contribution is 0.111. The van der Waals surface area contributed by atoms with Gasteiger partial charge in [-0.2, -0.15) is 0 Å². The molecule has 0 radical (unpaired) electrons. The second-order valence-corrected chi connectivity index (χ2v) is 6.02. The van der Waals surface area contributed by atoms with Crippen LogP contribution in [0, 0.1) is 6.92 Å². The minimum absolute atomic E-state index is 0.530. The second kappa shape index (κ2) is 7.76. The van der Waals surface area contributed by atoms with Gasteiger partial charge < -0.3 is 10.1 Å². The van der Waals surface area contributed by atoms with Crippen LogP contribution in [-0.4, -0.2) is 42.2 Å². The molecule has 0 aromatic carbocycles. The van der Waals surface area contributed by atoms with Crippen molar-refractivity contribution in [3.63, 3.8) is 0 Å². The smallest absolute Gasteiger partial charge is 0.122 e. The Labute approximate surface area is 128 Å². The molecule has 0 spiro atoms. The van der Waals surface area contributed by atoms with Gasteiger partial charge in [-0.05, 0) is 39.8 Å². The van der Waals surface area contributed by atoms with E-state index in [9.17, 15) is 0 Å². The summed E-state index contributed by atoms with van der Waals surface area (Å²) in [5.41, 5.74) is 2.14. The number of rotatable bonds is 6. The van der Waals surface area contributed by atoms with Crippen molar-refractivity contribution in [3.05, 3.63) is 23.5 Å². The van der Waals surface area contributed by atoms with Crippen LogP contribution in [0.5, 0.6) is 5.75 Å². The Morgan fingerprint density at radius 2 is 2.24 bits per heavy atom. The Morgan fingerprint density at radius 3 is 2.95 bits per heavy atom. The summed E-state index contributed by atoms with van der Waals surface area (Å²) in [6.45, 7) is 9.62. The van der Waals surface area contributed by atoms with Gasteiger partial charge in [-0.1, -0.05) is 13.3 Å². The van der Waals surface area contributed by atoms with Crippen molar-refractivity contribution in [2.24, 2.45) is 0 Å². The van der Waals surface area contributed by atoms with Gasteiger partial charge >= 0.3 is 0 Å². The molecule has 2 atom stereocenters. The van der Waals surface area contributed by atoms with Gasteiger partial charge in [-0.3, -0.25) is 9.88 Å². The molecule has 2 heterocycles. The number of methoxy groups -OCH3 is 1. The quantitative estimate of drug-likeness (QED) is 0.874. The number of ether oxygens (including phenoxy) is 1. The zero-order chi connectivity index (χ0) is 15.2. The average molecular weight is 291 g/mol. The van der Waals surface area contributed by atoms with Crippen LogP contribution in [0.2, 0.25) is 0 Å². The first-order valence-corrected chi connectivity index (χ1v) is 8.13. The standard InChI is InChI=1S/C17H29N3O/c1-5-18-14(3)17-8-6-7-9-20(17)12-15-11-16(21-4)10-13(2)19-15/h10-11,14,17-18H,5-9,12H2,1-4H3. The van der Waals surface area contributed by atoms with E-state index < -0.39 is 0 Å². The summed E-state index contributed by atoms with van der Waals surface area (Å²) in [4.78, 5) is 7.25. The van der Waals surface area contributed by atoms with Crippen LogP contribution >= 0.6 is 0 Å². The number of nitrogens with one attached hydrogen (secondary N) is 1. The minimum Gasteiger partial charge on any atom is -0.497 e. The van der Waals surface area contributed by atoms with Crippen LogP contribution in [0.1, 0.15) is 44.5 Å². The number of likely N-dealkylation sites (N-methyl/N-ethyl adjacent to an activating group) is 1. The third-order valence-corrected chi connectivity index (χ3v) is 4.35. The molecule has 0 aliphatic carbocycles. The maximum absolute atomic E-state index is 5.37. The van der Waals surface area contributed by atoms with E-state index in [1.54, 1.807) is 7.11 Å². The fourth-order valence-electron chi connectivity index (χ4n) is 3.35.